The van der Waals surface area contributed by atoms with E-state index in [-0.39, 0.29) is 0 Å². The molecular formula is C22H24O2Ti. The Hall–Kier alpha value is -1.58. The third-order valence-electron chi connectivity index (χ3n) is 4.55. The van der Waals surface area contributed by atoms with Crippen molar-refractivity contribution in [3.8, 4) is 11.1 Å². The fraction of sp³-hybridized carbons (Fsp3) is 0.227. The molecule has 0 heterocycles. The Morgan fingerprint density at radius 3 is 2.32 bits per heavy atom. The van der Waals surface area contributed by atoms with Crippen molar-refractivity contribution >= 4 is 8.18 Å². The van der Waals surface area contributed by atoms with Gasteiger partial charge < -0.3 is 10.2 Å². The second-order valence-corrected chi connectivity index (χ2v) is 9.73. The summed E-state index contributed by atoms with van der Waals surface area (Å²) in [6, 6.07) is 15.8. The molecular weight excluding hydrogens is 344 g/mol. The van der Waals surface area contributed by atoms with E-state index in [0.29, 0.717) is 0 Å². The second-order valence-electron chi connectivity index (χ2n) is 5.69. The Morgan fingerprint density at radius 2 is 1.64 bits per heavy atom. The summed E-state index contributed by atoms with van der Waals surface area (Å²) < 4.78 is 5.85. The summed E-state index contributed by atoms with van der Waals surface area (Å²) in [4.78, 5) is 0. The summed E-state index contributed by atoms with van der Waals surface area (Å²) in [7, 11) is 1.50. The van der Waals surface area contributed by atoms with E-state index < -0.39 is 17.4 Å². The average molecular weight is 368 g/mol. The number of allylic oxidation sites excluding steroid dienone is 4. The molecule has 128 valence electrons. The molecule has 0 unspecified atom stereocenters. The largest absolute Gasteiger partial charge is 0.857 e. The Bertz CT molecular complexity index is 817. The summed E-state index contributed by atoms with van der Waals surface area (Å²) in [6.07, 6.45) is 9.16. The summed E-state index contributed by atoms with van der Waals surface area (Å²) in [6.45, 7) is 2.26. The molecule has 0 amide bonds. The molecule has 25 heavy (non-hydrogen) atoms. The summed E-state index contributed by atoms with van der Waals surface area (Å²) >= 11 is -1.44. The number of benzene rings is 2. The van der Waals surface area contributed by atoms with Gasteiger partial charge in [0.25, 0.3) is 0 Å². The van der Waals surface area contributed by atoms with E-state index in [1.165, 1.54) is 16.7 Å². The van der Waals surface area contributed by atoms with Crippen LogP contribution in [0.15, 0.2) is 64.6 Å². The molecule has 0 saturated heterocycles. The van der Waals surface area contributed by atoms with E-state index in [1.807, 2.05) is 0 Å². The molecule has 2 aromatic rings. The van der Waals surface area contributed by atoms with Crippen molar-refractivity contribution in [2.75, 3.05) is 14.2 Å². The fourth-order valence-corrected chi connectivity index (χ4v) is 7.42. The zero-order valence-corrected chi connectivity index (χ0v) is 16.6. The average Bonchev–Trinajstić information content (AvgIpc) is 3.34. The van der Waals surface area contributed by atoms with Crippen LogP contribution in [-0.2, 0) is 23.8 Å². The van der Waals surface area contributed by atoms with Crippen molar-refractivity contribution < 1.29 is 27.6 Å². The zero-order chi connectivity index (χ0) is 18.2. The van der Waals surface area contributed by atoms with E-state index in [1.54, 1.807) is 13.3 Å². The first kappa shape index (κ1) is 19.7. The van der Waals surface area contributed by atoms with Crippen molar-refractivity contribution in [2.24, 2.45) is 0 Å². The minimum Gasteiger partial charge on any atom is -0.857 e. The van der Waals surface area contributed by atoms with Gasteiger partial charge in [-0.2, -0.15) is 14.2 Å². The van der Waals surface area contributed by atoms with Gasteiger partial charge in [0, 0.05) is 0 Å². The van der Waals surface area contributed by atoms with E-state index >= 15 is 0 Å². The molecule has 0 aromatic heterocycles. The van der Waals surface area contributed by atoms with Gasteiger partial charge in [-0.1, -0.05) is 0 Å². The first-order valence-electron chi connectivity index (χ1n) is 8.43. The Balaban J connectivity index is 0.000000528. The van der Waals surface area contributed by atoms with E-state index in [4.69, 9.17) is 10.2 Å². The molecule has 0 spiro atoms. The summed E-state index contributed by atoms with van der Waals surface area (Å²) in [5.74, 6) is 0. The number of rotatable bonds is 2. The van der Waals surface area contributed by atoms with Crippen LogP contribution >= 0.6 is 0 Å². The van der Waals surface area contributed by atoms with Crippen molar-refractivity contribution in [1.82, 2.24) is 0 Å². The van der Waals surface area contributed by atoms with Crippen LogP contribution in [0.2, 0.25) is 0 Å². The van der Waals surface area contributed by atoms with Gasteiger partial charge in [-0.05, 0) is 0 Å². The predicted octanol–water partition coefficient (Wildman–Crippen LogP) is 2.12. The molecule has 3 heteroatoms. The van der Waals surface area contributed by atoms with Gasteiger partial charge in [0.15, 0.2) is 0 Å². The Kier molecular flexibility index (Phi) is 7.73. The smallest absolute Gasteiger partial charge is 0.153 e. The molecule has 0 radical (unpaired) electrons. The van der Waals surface area contributed by atoms with Crippen molar-refractivity contribution in [1.29, 1.82) is 0 Å². The molecule has 0 bridgehead atoms. The van der Waals surface area contributed by atoms with Crippen LogP contribution in [0.3, 0.4) is 0 Å². The van der Waals surface area contributed by atoms with E-state index in [2.05, 4.69) is 71.9 Å². The number of hydrogen-bond donors (Lipinski definition) is 0. The Labute approximate surface area is 156 Å². The standard InChI is InChI=1S/C13H9.C5H5.C2H4.2CH3O.Ti/c1-3-7-12-10(5-1)9-11-6-2-4-8-13(11)12;1-2-4-5-3-1;3*1-2;/h1-5,7-8H,9H2;1-3H,4H2;1H,2H3;2*1H3;/q;;;2*-1;+2. The van der Waals surface area contributed by atoms with Gasteiger partial charge in [0.2, 0.25) is 0 Å². The second kappa shape index (κ2) is 9.79. The number of hydrogen-bond acceptors (Lipinski definition) is 2. The minimum atomic E-state index is -1.44. The van der Waals surface area contributed by atoms with Crippen molar-refractivity contribution in [3.05, 3.63) is 75.7 Å². The van der Waals surface area contributed by atoms with E-state index in [0.717, 1.165) is 27.1 Å². The first-order chi connectivity index (χ1) is 12.4. The van der Waals surface area contributed by atoms with Crippen LogP contribution in [0, 0.1) is 0 Å². The fourth-order valence-electron chi connectivity index (χ4n) is 3.57. The predicted molar refractivity (Wildman–Crippen MR) is 99.7 cm³/mol. The quantitative estimate of drug-likeness (QED) is 0.651. The van der Waals surface area contributed by atoms with Gasteiger partial charge in [0.05, 0.1) is 0 Å². The van der Waals surface area contributed by atoms with Crippen LogP contribution in [0.4, 0.5) is 0 Å². The third kappa shape index (κ3) is 3.99. The van der Waals surface area contributed by atoms with Gasteiger partial charge >= 0.3 is 132 Å². The molecule has 2 aliphatic carbocycles. The van der Waals surface area contributed by atoms with Crippen LogP contribution in [0.5, 0.6) is 0 Å². The number of fused-ring (bicyclic) bond motifs is 3. The zero-order valence-electron chi connectivity index (χ0n) is 15.1. The monoisotopic (exact) mass is 368 g/mol. The molecule has 2 aliphatic rings. The van der Waals surface area contributed by atoms with Gasteiger partial charge in [0.1, 0.15) is 0 Å². The molecule has 0 N–H and O–H groups in total. The summed E-state index contributed by atoms with van der Waals surface area (Å²) in [5.41, 5.74) is 6.01. The van der Waals surface area contributed by atoms with Crippen LogP contribution in [-0.4, -0.2) is 18.5 Å². The topological polar surface area (TPSA) is 46.1 Å². The third-order valence-corrected chi connectivity index (χ3v) is 8.75. The maximum Gasteiger partial charge on any atom is -0.153 e. The Morgan fingerprint density at radius 1 is 0.920 bits per heavy atom. The van der Waals surface area contributed by atoms with Crippen molar-refractivity contribution in [2.45, 2.75) is 19.8 Å². The van der Waals surface area contributed by atoms with Crippen LogP contribution in [0.25, 0.3) is 11.1 Å². The van der Waals surface area contributed by atoms with Gasteiger partial charge in [-0.25, -0.2) is 0 Å². The molecule has 4 rings (SSSR count). The molecule has 2 aromatic carbocycles. The normalized spacial score (nSPS) is 13.1. The van der Waals surface area contributed by atoms with Gasteiger partial charge in [-0.15, -0.1) is 0 Å². The van der Waals surface area contributed by atoms with E-state index in [9.17, 15) is 0 Å². The maximum absolute atomic E-state index is 8.25. The molecule has 0 aliphatic heterocycles. The van der Waals surface area contributed by atoms with Crippen LogP contribution < -0.4 is 14.1 Å². The molecule has 0 saturated carbocycles. The molecule has 2 nitrogen and oxygen atoms in total. The molecule has 0 atom stereocenters. The minimum absolute atomic E-state index is 0.750. The van der Waals surface area contributed by atoms with Crippen LogP contribution in [0.1, 0.15) is 24.5 Å². The van der Waals surface area contributed by atoms with Gasteiger partial charge in [-0.3, -0.25) is 0 Å². The first-order valence-corrected chi connectivity index (χ1v) is 10.9. The molecule has 0 fully saturated rings. The maximum atomic E-state index is 8.25. The SMILES string of the molecule is C[CH]=[Ti+2]([C]1=CC=CC1)[c]1cccc2c1Cc1ccccc1-2.C[O-].C[O-]. The van der Waals surface area contributed by atoms with Crippen molar-refractivity contribution in [3.63, 3.8) is 0 Å². The summed E-state index contributed by atoms with van der Waals surface area (Å²) in [5, 5.41) is 16.5.